The number of carbonyl (C=O) groups is 3. The Balaban J connectivity index is 1.81. The molecule has 3 amide bonds. The zero-order valence-electron chi connectivity index (χ0n) is 13.0. The number of fused-ring (bicyclic) bond motifs is 1. The van der Waals surface area contributed by atoms with Crippen LogP contribution in [-0.2, 0) is 14.8 Å². The summed E-state index contributed by atoms with van der Waals surface area (Å²) in [6.07, 6.45) is 3.02. The largest absolute Gasteiger partial charge is 0.325 e. The van der Waals surface area contributed by atoms with Gasteiger partial charge in [-0.3, -0.25) is 19.7 Å². The lowest BCUT2D eigenvalue weighted by Crippen LogP contribution is -2.49. The van der Waals surface area contributed by atoms with E-state index in [-0.39, 0.29) is 11.1 Å². The van der Waals surface area contributed by atoms with Gasteiger partial charge in [0, 0.05) is 12.2 Å². The van der Waals surface area contributed by atoms with E-state index in [1.165, 1.54) is 22.5 Å². The maximum absolute atomic E-state index is 12.5. The van der Waals surface area contributed by atoms with Crippen molar-refractivity contribution >= 4 is 33.4 Å². The van der Waals surface area contributed by atoms with Gasteiger partial charge in [-0.05, 0) is 31.0 Å². The number of hydrogen-bond acceptors (Lipinski definition) is 5. The van der Waals surface area contributed by atoms with Gasteiger partial charge < -0.3 is 5.32 Å². The normalized spacial score (nSPS) is 21.3. The first kappa shape index (κ1) is 16.6. The summed E-state index contributed by atoms with van der Waals surface area (Å²) >= 11 is 0. The third-order valence-electron chi connectivity index (χ3n) is 4.19. The van der Waals surface area contributed by atoms with E-state index < -0.39 is 33.8 Å². The number of hydrogen-bond donors (Lipinski definition) is 2. The van der Waals surface area contributed by atoms with Crippen LogP contribution in [0.1, 0.15) is 40.0 Å². The Bertz CT molecular complexity index is 834. The van der Waals surface area contributed by atoms with E-state index >= 15 is 0 Å². The molecule has 2 aliphatic rings. The van der Waals surface area contributed by atoms with Crippen LogP contribution in [0.15, 0.2) is 18.2 Å². The lowest BCUT2D eigenvalue weighted by Gasteiger charge is -2.32. The van der Waals surface area contributed by atoms with Crippen molar-refractivity contribution < 1.29 is 22.8 Å². The molecule has 1 unspecified atom stereocenters. The Kier molecular flexibility index (Phi) is 4.14. The minimum absolute atomic E-state index is 0.196. The van der Waals surface area contributed by atoms with Gasteiger partial charge in [-0.25, -0.2) is 8.42 Å². The first-order valence-electron chi connectivity index (χ1n) is 7.55. The molecule has 128 valence electrons. The number of imide groups is 1. The molecule has 0 saturated carbocycles. The summed E-state index contributed by atoms with van der Waals surface area (Å²) in [7, 11) is -3.47. The van der Waals surface area contributed by atoms with Crippen molar-refractivity contribution in [2.75, 3.05) is 18.1 Å². The standard InChI is InChI=1S/C15H17N3O5S/c1-24(22,23)18-7-3-2-4-12(18)15(21)16-9-5-6-10-11(8-9)14(20)17-13(10)19/h5-6,8,12H,2-4,7H2,1H3,(H,16,21)(H,17,19,20). The van der Waals surface area contributed by atoms with Crippen molar-refractivity contribution in [3.05, 3.63) is 29.3 Å². The van der Waals surface area contributed by atoms with Gasteiger partial charge in [0.25, 0.3) is 11.8 Å². The monoisotopic (exact) mass is 351 g/mol. The van der Waals surface area contributed by atoms with Gasteiger partial charge in [-0.1, -0.05) is 6.42 Å². The fourth-order valence-electron chi connectivity index (χ4n) is 3.04. The predicted molar refractivity (Wildman–Crippen MR) is 86.1 cm³/mol. The van der Waals surface area contributed by atoms with Crippen molar-refractivity contribution in [2.24, 2.45) is 0 Å². The smallest absolute Gasteiger partial charge is 0.259 e. The molecule has 8 nitrogen and oxygen atoms in total. The number of nitrogens with one attached hydrogen (secondary N) is 2. The number of anilines is 1. The Morgan fingerprint density at radius 3 is 2.62 bits per heavy atom. The lowest BCUT2D eigenvalue weighted by molar-refractivity contribution is -0.120. The first-order valence-corrected chi connectivity index (χ1v) is 9.39. The highest BCUT2D eigenvalue weighted by Crippen LogP contribution is 2.23. The van der Waals surface area contributed by atoms with E-state index in [9.17, 15) is 22.8 Å². The molecule has 2 heterocycles. The molecular formula is C15H17N3O5S. The third-order valence-corrected chi connectivity index (χ3v) is 5.47. The number of nitrogens with zero attached hydrogens (tertiary/aromatic N) is 1. The van der Waals surface area contributed by atoms with Crippen LogP contribution in [0.4, 0.5) is 5.69 Å². The second-order valence-electron chi connectivity index (χ2n) is 5.92. The zero-order chi connectivity index (χ0) is 17.5. The average molecular weight is 351 g/mol. The van der Waals surface area contributed by atoms with E-state index in [1.54, 1.807) is 0 Å². The van der Waals surface area contributed by atoms with Crippen molar-refractivity contribution in [3.63, 3.8) is 0 Å². The summed E-state index contributed by atoms with van der Waals surface area (Å²) in [5, 5.41) is 4.82. The van der Waals surface area contributed by atoms with E-state index in [0.717, 1.165) is 19.1 Å². The molecule has 2 N–H and O–H groups in total. The molecule has 24 heavy (non-hydrogen) atoms. The number of amides is 3. The predicted octanol–water partition coefficient (Wildman–Crippen LogP) is 0.323. The highest BCUT2D eigenvalue weighted by Gasteiger charge is 2.34. The molecule has 9 heteroatoms. The average Bonchev–Trinajstić information content (AvgIpc) is 2.81. The van der Waals surface area contributed by atoms with Crippen LogP contribution in [0.25, 0.3) is 0 Å². The summed E-state index contributed by atoms with van der Waals surface area (Å²) in [5.41, 5.74) is 0.803. The summed E-state index contributed by atoms with van der Waals surface area (Å²) in [4.78, 5) is 35.7. The van der Waals surface area contributed by atoms with Gasteiger partial charge in [-0.15, -0.1) is 0 Å². The maximum Gasteiger partial charge on any atom is 0.259 e. The number of rotatable bonds is 3. The Morgan fingerprint density at radius 1 is 1.21 bits per heavy atom. The molecule has 0 aromatic heterocycles. The van der Waals surface area contributed by atoms with Gasteiger partial charge >= 0.3 is 0 Å². The number of piperidine rings is 1. The molecule has 1 atom stereocenters. The first-order chi connectivity index (χ1) is 11.3. The summed E-state index contributed by atoms with van der Waals surface area (Å²) < 4.78 is 24.9. The fourth-order valence-corrected chi connectivity index (χ4v) is 4.16. The van der Waals surface area contributed by atoms with Crippen LogP contribution >= 0.6 is 0 Å². The van der Waals surface area contributed by atoms with Crippen molar-refractivity contribution in [1.29, 1.82) is 0 Å². The zero-order valence-corrected chi connectivity index (χ0v) is 13.9. The Morgan fingerprint density at radius 2 is 1.92 bits per heavy atom. The summed E-state index contributed by atoms with van der Waals surface area (Å²) in [5.74, 6) is -1.42. The highest BCUT2D eigenvalue weighted by molar-refractivity contribution is 7.88. The Hall–Kier alpha value is -2.26. The van der Waals surface area contributed by atoms with Crippen LogP contribution < -0.4 is 10.6 Å². The van der Waals surface area contributed by atoms with E-state index in [2.05, 4.69) is 10.6 Å². The quantitative estimate of drug-likeness (QED) is 0.762. The van der Waals surface area contributed by atoms with Crippen LogP contribution in [0, 0.1) is 0 Å². The minimum Gasteiger partial charge on any atom is -0.325 e. The molecule has 1 saturated heterocycles. The van der Waals surface area contributed by atoms with Gasteiger partial charge in [0.1, 0.15) is 6.04 Å². The van der Waals surface area contributed by atoms with Gasteiger partial charge in [0.05, 0.1) is 17.4 Å². The van der Waals surface area contributed by atoms with Gasteiger partial charge in [0.2, 0.25) is 15.9 Å². The molecule has 1 aromatic rings. The molecule has 0 aliphatic carbocycles. The molecule has 1 aromatic carbocycles. The molecule has 0 radical (unpaired) electrons. The summed E-state index contributed by atoms with van der Waals surface area (Å²) in [6.45, 7) is 0.317. The van der Waals surface area contributed by atoms with Crippen LogP contribution in [0.5, 0.6) is 0 Å². The van der Waals surface area contributed by atoms with Crippen LogP contribution in [-0.4, -0.2) is 49.3 Å². The third kappa shape index (κ3) is 3.04. The van der Waals surface area contributed by atoms with Gasteiger partial charge in [-0.2, -0.15) is 4.31 Å². The van der Waals surface area contributed by atoms with Crippen molar-refractivity contribution in [2.45, 2.75) is 25.3 Å². The van der Waals surface area contributed by atoms with Gasteiger partial charge in [0.15, 0.2) is 0 Å². The number of sulfonamides is 1. The molecular weight excluding hydrogens is 334 g/mol. The fraction of sp³-hybridized carbons (Fsp3) is 0.400. The topological polar surface area (TPSA) is 113 Å². The van der Waals surface area contributed by atoms with Crippen molar-refractivity contribution in [3.8, 4) is 0 Å². The maximum atomic E-state index is 12.5. The second kappa shape index (κ2) is 5.99. The highest BCUT2D eigenvalue weighted by atomic mass is 32.2. The lowest BCUT2D eigenvalue weighted by atomic mass is 10.0. The van der Waals surface area contributed by atoms with E-state index in [4.69, 9.17) is 0 Å². The van der Waals surface area contributed by atoms with E-state index in [0.29, 0.717) is 18.7 Å². The van der Waals surface area contributed by atoms with E-state index in [1.807, 2.05) is 0 Å². The SMILES string of the molecule is CS(=O)(=O)N1CCCCC1C(=O)Nc1ccc2c(c1)C(=O)NC2=O. The molecule has 2 aliphatic heterocycles. The molecule has 0 bridgehead atoms. The number of benzene rings is 1. The molecule has 0 spiro atoms. The molecule has 1 fully saturated rings. The van der Waals surface area contributed by atoms with Crippen LogP contribution in [0.3, 0.4) is 0 Å². The molecule has 3 rings (SSSR count). The second-order valence-corrected chi connectivity index (χ2v) is 7.85. The Labute approximate surface area is 139 Å². The minimum atomic E-state index is -3.47. The van der Waals surface area contributed by atoms with Crippen molar-refractivity contribution in [1.82, 2.24) is 9.62 Å². The van der Waals surface area contributed by atoms with Crippen LogP contribution in [0.2, 0.25) is 0 Å². The summed E-state index contributed by atoms with van der Waals surface area (Å²) in [6, 6.07) is 3.63. The number of carbonyl (C=O) groups excluding carboxylic acids is 3.